The Hall–Kier alpha value is -3.56. The number of carbonyl (C=O) groups is 1. The Balaban J connectivity index is 1.65. The number of nitrogen functional groups attached to an aromatic ring is 1. The standard InChI is InChI=1S/C27H31N3O5S/c1-15(24(33)19-6-9-21(31)23-18(19)7-10-22(32)29-23)13-30(26(34)35-27(2,3)4)14-16-5-8-20(28)25-17(16)11-12-36-25/h5-12,15,24,31,33H,13-14,28H2,1-4H3,(H,29,32)/t15?,24-/m0/s1. The maximum atomic E-state index is 13.2. The minimum absolute atomic E-state index is 0.0789. The lowest BCUT2D eigenvalue weighted by molar-refractivity contribution is 0.0136. The highest BCUT2D eigenvalue weighted by Crippen LogP contribution is 2.34. The van der Waals surface area contributed by atoms with Gasteiger partial charge in [-0.05, 0) is 66.9 Å². The molecule has 2 atom stereocenters. The van der Waals surface area contributed by atoms with Gasteiger partial charge in [0.25, 0.3) is 0 Å². The first-order valence-corrected chi connectivity index (χ1v) is 12.6. The summed E-state index contributed by atoms with van der Waals surface area (Å²) < 4.78 is 6.65. The Morgan fingerprint density at radius 3 is 2.61 bits per heavy atom. The molecule has 0 aliphatic carbocycles. The van der Waals surface area contributed by atoms with Crippen molar-refractivity contribution in [3.8, 4) is 5.75 Å². The number of aromatic nitrogens is 1. The molecule has 9 heteroatoms. The van der Waals surface area contributed by atoms with Crippen molar-refractivity contribution >= 4 is 44.1 Å². The predicted octanol–water partition coefficient (Wildman–Crippen LogP) is 5.14. The van der Waals surface area contributed by atoms with Gasteiger partial charge in [0.15, 0.2) is 0 Å². The average molecular weight is 510 g/mol. The van der Waals surface area contributed by atoms with E-state index in [0.29, 0.717) is 16.6 Å². The van der Waals surface area contributed by atoms with Crippen LogP contribution in [-0.4, -0.2) is 38.3 Å². The Morgan fingerprint density at radius 2 is 1.89 bits per heavy atom. The number of aliphatic hydroxyl groups is 1. The lowest BCUT2D eigenvalue weighted by Gasteiger charge is -2.31. The quantitative estimate of drug-likeness (QED) is 0.267. The number of rotatable bonds is 6. The van der Waals surface area contributed by atoms with Gasteiger partial charge in [-0.3, -0.25) is 4.79 Å². The summed E-state index contributed by atoms with van der Waals surface area (Å²) in [6.45, 7) is 7.76. The lowest BCUT2D eigenvalue weighted by Crippen LogP contribution is -2.39. The molecule has 0 aliphatic heterocycles. The van der Waals surface area contributed by atoms with Crippen LogP contribution in [0.5, 0.6) is 5.75 Å². The third kappa shape index (κ3) is 5.32. The molecule has 2 aromatic heterocycles. The molecule has 0 fully saturated rings. The van der Waals surface area contributed by atoms with Gasteiger partial charge in [-0.15, -0.1) is 11.3 Å². The second-order valence-electron chi connectivity index (χ2n) is 10.0. The number of pyridine rings is 1. The topological polar surface area (TPSA) is 129 Å². The summed E-state index contributed by atoms with van der Waals surface area (Å²) in [6.07, 6.45) is -1.46. The number of fused-ring (bicyclic) bond motifs is 2. The van der Waals surface area contributed by atoms with Crippen LogP contribution < -0.4 is 11.3 Å². The highest BCUT2D eigenvalue weighted by Gasteiger charge is 2.28. The van der Waals surface area contributed by atoms with Gasteiger partial charge in [0.2, 0.25) is 5.56 Å². The van der Waals surface area contributed by atoms with Gasteiger partial charge < -0.3 is 30.6 Å². The molecule has 5 N–H and O–H groups in total. The van der Waals surface area contributed by atoms with Crippen molar-refractivity contribution in [2.75, 3.05) is 12.3 Å². The zero-order chi connectivity index (χ0) is 26.2. The number of aromatic hydroxyl groups is 1. The van der Waals surface area contributed by atoms with Crippen molar-refractivity contribution < 1.29 is 19.7 Å². The molecule has 190 valence electrons. The zero-order valence-corrected chi connectivity index (χ0v) is 21.6. The first-order valence-electron chi connectivity index (χ1n) is 11.7. The SMILES string of the molecule is CC(CN(Cc1ccc(N)c2sccc12)C(=O)OC(C)(C)C)[C@H](O)c1ccc(O)c2[nH]c(=O)ccc12. The van der Waals surface area contributed by atoms with E-state index in [2.05, 4.69) is 4.98 Å². The first kappa shape index (κ1) is 25.5. The highest BCUT2D eigenvalue weighted by molar-refractivity contribution is 7.17. The molecule has 0 saturated carbocycles. The number of thiophene rings is 1. The van der Waals surface area contributed by atoms with Crippen LogP contribution in [0.4, 0.5) is 10.5 Å². The van der Waals surface area contributed by atoms with E-state index in [-0.39, 0.29) is 29.9 Å². The highest BCUT2D eigenvalue weighted by atomic mass is 32.1. The fourth-order valence-electron chi connectivity index (χ4n) is 4.29. The number of hydrogen-bond donors (Lipinski definition) is 4. The van der Waals surface area contributed by atoms with Gasteiger partial charge in [0, 0.05) is 36.1 Å². The number of ether oxygens (including phenoxy) is 1. The van der Waals surface area contributed by atoms with Crippen LogP contribution >= 0.6 is 11.3 Å². The van der Waals surface area contributed by atoms with E-state index < -0.39 is 23.7 Å². The number of nitrogens with one attached hydrogen (secondary N) is 1. The van der Waals surface area contributed by atoms with Crippen LogP contribution in [0.2, 0.25) is 0 Å². The number of phenolic OH excluding ortho intramolecular Hbond substituents is 1. The molecule has 0 saturated heterocycles. The zero-order valence-electron chi connectivity index (χ0n) is 20.7. The number of nitrogens with zero attached hydrogens (tertiary/aromatic N) is 1. The minimum atomic E-state index is -0.975. The maximum absolute atomic E-state index is 13.2. The van der Waals surface area contributed by atoms with Gasteiger partial charge in [0.05, 0.1) is 16.3 Å². The number of anilines is 1. The van der Waals surface area contributed by atoms with Crippen molar-refractivity contribution in [2.24, 2.45) is 5.92 Å². The number of benzene rings is 2. The number of phenols is 1. The van der Waals surface area contributed by atoms with Crippen molar-refractivity contribution in [3.05, 3.63) is 69.3 Å². The van der Waals surface area contributed by atoms with Crippen molar-refractivity contribution in [2.45, 2.75) is 45.9 Å². The fourth-order valence-corrected chi connectivity index (χ4v) is 5.16. The molecular weight excluding hydrogens is 478 g/mol. The molecule has 1 amide bonds. The molecule has 2 heterocycles. The molecule has 0 aliphatic rings. The van der Waals surface area contributed by atoms with E-state index in [0.717, 1.165) is 15.6 Å². The molecule has 2 aromatic carbocycles. The Bertz CT molecular complexity index is 1470. The van der Waals surface area contributed by atoms with Crippen molar-refractivity contribution in [1.82, 2.24) is 9.88 Å². The van der Waals surface area contributed by atoms with Crippen LogP contribution in [0, 0.1) is 5.92 Å². The fraction of sp³-hybridized carbons (Fsp3) is 0.333. The number of aliphatic hydroxyl groups excluding tert-OH is 1. The first-order chi connectivity index (χ1) is 16.9. The van der Waals surface area contributed by atoms with Crippen LogP contribution in [0.15, 0.2) is 52.6 Å². The summed E-state index contributed by atoms with van der Waals surface area (Å²) in [5, 5.41) is 25.0. The average Bonchev–Trinajstić information content (AvgIpc) is 3.30. The number of nitrogens with two attached hydrogens (primary N) is 1. The molecule has 4 aromatic rings. The third-order valence-corrected chi connectivity index (χ3v) is 6.99. The van der Waals surface area contributed by atoms with Crippen LogP contribution in [0.25, 0.3) is 21.0 Å². The summed E-state index contributed by atoms with van der Waals surface area (Å²) >= 11 is 1.55. The number of carbonyl (C=O) groups excluding carboxylic acids is 1. The summed E-state index contributed by atoms with van der Waals surface area (Å²) in [6, 6.07) is 11.7. The summed E-state index contributed by atoms with van der Waals surface area (Å²) in [5.74, 6) is -0.478. The summed E-state index contributed by atoms with van der Waals surface area (Å²) in [7, 11) is 0. The predicted molar refractivity (Wildman–Crippen MR) is 143 cm³/mol. The van der Waals surface area contributed by atoms with Gasteiger partial charge >= 0.3 is 6.09 Å². The van der Waals surface area contributed by atoms with E-state index in [9.17, 15) is 19.8 Å². The summed E-state index contributed by atoms with van der Waals surface area (Å²) in [4.78, 5) is 29.2. The van der Waals surface area contributed by atoms with Crippen LogP contribution in [0.1, 0.15) is 44.9 Å². The number of aromatic amines is 1. The van der Waals surface area contributed by atoms with E-state index in [1.165, 1.54) is 12.1 Å². The number of hydrogen-bond acceptors (Lipinski definition) is 7. The van der Waals surface area contributed by atoms with Gasteiger partial charge in [-0.1, -0.05) is 19.1 Å². The van der Waals surface area contributed by atoms with E-state index in [4.69, 9.17) is 10.5 Å². The van der Waals surface area contributed by atoms with Crippen molar-refractivity contribution in [1.29, 1.82) is 0 Å². The largest absolute Gasteiger partial charge is 0.506 e. The monoisotopic (exact) mass is 509 g/mol. The molecule has 0 radical (unpaired) electrons. The molecular formula is C27H31N3O5S. The van der Waals surface area contributed by atoms with Gasteiger partial charge in [0.1, 0.15) is 11.4 Å². The Labute approximate surface area is 212 Å². The van der Waals surface area contributed by atoms with Crippen LogP contribution in [-0.2, 0) is 11.3 Å². The third-order valence-electron chi connectivity index (χ3n) is 6.02. The molecule has 0 bridgehead atoms. The second kappa shape index (κ2) is 9.83. The van der Waals surface area contributed by atoms with Crippen molar-refractivity contribution in [3.63, 3.8) is 0 Å². The number of H-pyrrole nitrogens is 1. The second-order valence-corrected chi connectivity index (χ2v) is 11.0. The maximum Gasteiger partial charge on any atom is 0.410 e. The minimum Gasteiger partial charge on any atom is -0.506 e. The Morgan fingerprint density at radius 1 is 1.14 bits per heavy atom. The normalized spacial score (nSPS) is 13.6. The van der Waals surface area contributed by atoms with Gasteiger partial charge in [-0.2, -0.15) is 0 Å². The van der Waals surface area contributed by atoms with E-state index >= 15 is 0 Å². The van der Waals surface area contributed by atoms with E-state index in [1.54, 1.807) is 28.4 Å². The Kier molecular flexibility index (Phi) is 6.97. The smallest absolute Gasteiger partial charge is 0.410 e. The number of amides is 1. The molecule has 1 unspecified atom stereocenters. The van der Waals surface area contributed by atoms with Gasteiger partial charge in [-0.25, -0.2) is 4.79 Å². The molecule has 4 rings (SSSR count). The molecule has 0 spiro atoms. The van der Waals surface area contributed by atoms with E-state index in [1.807, 2.05) is 51.3 Å². The molecule has 36 heavy (non-hydrogen) atoms. The van der Waals surface area contributed by atoms with Crippen LogP contribution in [0.3, 0.4) is 0 Å². The summed E-state index contributed by atoms with van der Waals surface area (Å²) in [5.41, 5.74) is 7.52. The lowest BCUT2D eigenvalue weighted by atomic mass is 9.93. The molecule has 8 nitrogen and oxygen atoms in total.